The minimum absolute atomic E-state index is 0.514. The number of aromatic nitrogens is 2. The van der Waals surface area contributed by atoms with Crippen LogP contribution in [0.4, 0.5) is 0 Å². The van der Waals surface area contributed by atoms with E-state index in [0.29, 0.717) is 11.4 Å². The Kier molecular flexibility index (Phi) is 3.73. The van der Waals surface area contributed by atoms with E-state index >= 15 is 0 Å². The summed E-state index contributed by atoms with van der Waals surface area (Å²) in [7, 11) is 1.88. The van der Waals surface area contributed by atoms with E-state index in [9.17, 15) is 5.11 Å². The SMILES string of the molecule is Cc1cc(CC(O)c2cccc(C)c2Cl)n(C)n1. The number of hydrogen-bond donors (Lipinski definition) is 1. The zero-order chi connectivity index (χ0) is 13.3. The van der Waals surface area contributed by atoms with Crippen molar-refractivity contribution in [1.29, 1.82) is 0 Å². The van der Waals surface area contributed by atoms with Gasteiger partial charge in [0, 0.05) is 24.2 Å². The van der Waals surface area contributed by atoms with E-state index in [4.69, 9.17) is 11.6 Å². The fraction of sp³-hybridized carbons (Fsp3) is 0.357. The Bertz CT molecular complexity index is 563. The number of benzene rings is 1. The van der Waals surface area contributed by atoms with E-state index in [2.05, 4.69) is 5.10 Å². The van der Waals surface area contributed by atoms with Crippen LogP contribution in [0.25, 0.3) is 0 Å². The lowest BCUT2D eigenvalue weighted by Crippen LogP contribution is -2.07. The number of aryl methyl sites for hydroxylation is 3. The number of aliphatic hydroxyl groups is 1. The van der Waals surface area contributed by atoms with Crippen LogP contribution in [0, 0.1) is 13.8 Å². The van der Waals surface area contributed by atoms with E-state index in [-0.39, 0.29) is 0 Å². The summed E-state index contributed by atoms with van der Waals surface area (Å²) in [4.78, 5) is 0. The third-order valence-corrected chi connectivity index (χ3v) is 3.60. The smallest absolute Gasteiger partial charge is 0.0859 e. The molecule has 18 heavy (non-hydrogen) atoms. The second-order valence-corrected chi connectivity index (χ2v) is 4.98. The zero-order valence-corrected chi connectivity index (χ0v) is 11.6. The first-order valence-corrected chi connectivity index (χ1v) is 6.29. The summed E-state index contributed by atoms with van der Waals surface area (Å²) in [5, 5.41) is 15.2. The largest absolute Gasteiger partial charge is 0.388 e. The predicted octanol–water partition coefficient (Wildman–Crippen LogP) is 2.97. The van der Waals surface area contributed by atoms with Gasteiger partial charge < -0.3 is 5.11 Å². The van der Waals surface area contributed by atoms with Gasteiger partial charge in [-0.25, -0.2) is 0 Å². The molecule has 0 aliphatic heterocycles. The topological polar surface area (TPSA) is 38.0 Å². The van der Waals surface area contributed by atoms with Gasteiger partial charge in [0.15, 0.2) is 0 Å². The summed E-state index contributed by atoms with van der Waals surface area (Å²) in [6.45, 7) is 3.88. The number of nitrogens with zero attached hydrogens (tertiary/aromatic N) is 2. The lowest BCUT2D eigenvalue weighted by molar-refractivity contribution is 0.176. The zero-order valence-electron chi connectivity index (χ0n) is 10.8. The first-order valence-electron chi connectivity index (χ1n) is 5.91. The summed E-state index contributed by atoms with van der Waals surface area (Å²) in [5.74, 6) is 0. The van der Waals surface area contributed by atoms with Crippen molar-refractivity contribution < 1.29 is 5.11 Å². The highest BCUT2D eigenvalue weighted by molar-refractivity contribution is 6.32. The molecule has 0 spiro atoms. The lowest BCUT2D eigenvalue weighted by atomic mass is 10.0. The molecule has 1 unspecified atom stereocenters. The first kappa shape index (κ1) is 13.1. The molecule has 0 bridgehead atoms. The molecule has 0 fully saturated rings. The Hall–Kier alpha value is -1.32. The van der Waals surface area contributed by atoms with Crippen LogP contribution in [-0.2, 0) is 13.5 Å². The third kappa shape index (κ3) is 2.57. The van der Waals surface area contributed by atoms with Gasteiger partial charge in [0.2, 0.25) is 0 Å². The summed E-state index contributed by atoms with van der Waals surface area (Å²) in [6, 6.07) is 7.69. The van der Waals surface area contributed by atoms with Crippen molar-refractivity contribution >= 4 is 11.6 Å². The normalized spacial score (nSPS) is 12.7. The van der Waals surface area contributed by atoms with Gasteiger partial charge in [-0.15, -0.1) is 0 Å². The van der Waals surface area contributed by atoms with Gasteiger partial charge in [0.1, 0.15) is 0 Å². The molecule has 0 radical (unpaired) electrons. The van der Waals surface area contributed by atoms with Gasteiger partial charge in [-0.3, -0.25) is 4.68 Å². The molecule has 1 heterocycles. The average Bonchev–Trinajstić information content (AvgIpc) is 2.61. The average molecular weight is 265 g/mol. The van der Waals surface area contributed by atoms with Crippen LogP contribution in [0.15, 0.2) is 24.3 Å². The van der Waals surface area contributed by atoms with E-state index in [0.717, 1.165) is 22.5 Å². The van der Waals surface area contributed by atoms with Crippen molar-refractivity contribution in [3.63, 3.8) is 0 Å². The molecule has 0 amide bonds. The highest BCUT2D eigenvalue weighted by atomic mass is 35.5. The number of aliphatic hydroxyl groups excluding tert-OH is 1. The highest BCUT2D eigenvalue weighted by Crippen LogP contribution is 2.28. The Morgan fingerprint density at radius 3 is 2.72 bits per heavy atom. The molecule has 1 aromatic heterocycles. The molecule has 0 aliphatic carbocycles. The third-order valence-electron chi connectivity index (χ3n) is 3.08. The maximum Gasteiger partial charge on any atom is 0.0859 e. The van der Waals surface area contributed by atoms with Crippen LogP contribution in [0.5, 0.6) is 0 Å². The van der Waals surface area contributed by atoms with Crippen LogP contribution < -0.4 is 0 Å². The van der Waals surface area contributed by atoms with Crippen molar-refractivity contribution in [2.24, 2.45) is 7.05 Å². The molecular formula is C14H17ClN2O. The molecule has 1 N–H and O–H groups in total. The van der Waals surface area contributed by atoms with Crippen LogP contribution in [0.2, 0.25) is 5.02 Å². The molecule has 2 rings (SSSR count). The van der Waals surface area contributed by atoms with Gasteiger partial charge in [0.05, 0.1) is 11.8 Å². The van der Waals surface area contributed by atoms with Crippen LogP contribution in [-0.4, -0.2) is 14.9 Å². The van der Waals surface area contributed by atoms with Crippen molar-refractivity contribution in [2.45, 2.75) is 26.4 Å². The van der Waals surface area contributed by atoms with E-state index in [1.165, 1.54) is 0 Å². The maximum absolute atomic E-state index is 10.3. The van der Waals surface area contributed by atoms with Crippen molar-refractivity contribution in [3.8, 4) is 0 Å². The fourth-order valence-corrected chi connectivity index (χ4v) is 2.34. The molecule has 4 heteroatoms. The monoisotopic (exact) mass is 264 g/mol. The van der Waals surface area contributed by atoms with E-state index < -0.39 is 6.10 Å². The summed E-state index contributed by atoms with van der Waals surface area (Å²) >= 11 is 6.22. The molecule has 1 aromatic carbocycles. The van der Waals surface area contributed by atoms with E-state index in [1.807, 2.05) is 45.2 Å². The lowest BCUT2D eigenvalue weighted by Gasteiger charge is -2.14. The molecule has 3 nitrogen and oxygen atoms in total. The molecule has 0 saturated carbocycles. The number of rotatable bonds is 3. The van der Waals surface area contributed by atoms with Gasteiger partial charge in [-0.1, -0.05) is 29.8 Å². The number of hydrogen-bond acceptors (Lipinski definition) is 2. The predicted molar refractivity (Wildman–Crippen MR) is 72.8 cm³/mol. The van der Waals surface area contributed by atoms with Crippen LogP contribution in [0.3, 0.4) is 0 Å². The number of halogens is 1. The molecule has 96 valence electrons. The van der Waals surface area contributed by atoms with Gasteiger partial charge >= 0.3 is 0 Å². The summed E-state index contributed by atoms with van der Waals surface area (Å²) in [6.07, 6.45) is -0.0900. The van der Waals surface area contributed by atoms with Crippen LogP contribution >= 0.6 is 11.6 Å². The van der Waals surface area contributed by atoms with Gasteiger partial charge in [0.25, 0.3) is 0 Å². The molecule has 0 aliphatic rings. The van der Waals surface area contributed by atoms with Crippen molar-refractivity contribution in [1.82, 2.24) is 9.78 Å². The van der Waals surface area contributed by atoms with Crippen molar-refractivity contribution in [3.05, 3.63) is 51.8 Å². The maximum atomic E-state index is 10.3. The summed E-state index contributed by atoms with van der Waals surface area (Å²) < 4.78 is 1.79. The molecular weight excluding hydrogens is 248 g/mol. The Morgan fingerprint density at radius 2 is 2.11 bits per heavy atom. The van der Waals surface area contributed by atoms with Gasteiger partial charge in [-0.2, -0.15) is 5.10 Å². The quantitative estimate of drug-likeness (QED) is 0.926. The highest BCUT2D eigenvalue weighted by Gasteiger charge is 2.15. The second-order valence-electron chi connectivity index (χ2n) is 4.60. The molecule has 2 aromatic rings. The minimum Gasteiger partial charge on any atom is -0.388 e. The summed E-state index contributed by atoms with van der Waals surface area (Å²) in [5.41, 5.74) is 3.71. The van der Waals surface area contributed by atoms with E-state index in [1.54, 1.807) is 4.68 Å². The Labute approximate surface area is 112 Å². The van der Waals surface area contributed by atoms with Gasteiger partial charge in [-0.05, 0) is 31.0 Å². The second kappa shape index (κ2) is 5.12. The molecule has 0 saturated heterocycles. The Balaban J connectivity index is 2.24. The first-order chi connectivity index (χ1) is 8.49. The minimum atomic E-state index is -0.604. The molecule has 1 atom stereocenters. The Morgan fingerprint density at radius 1 is 1.39 bits per heavy atom. The fourth-order valence-electron chi connectivity index (χ4n) is 2.09. The van der Waals surface area contributed by atoms with Crippen LogP contribution in [0.1, 0.15) is 28.6 Å². The standard InChI is InChI=1S/C14H17ClN2O/c1-9-5-4-6-12(14(9)15)13(18)8-11-7-10(2)16-17(11)3/h4-7,13,18H,8H2,1-3H3. The van der Waals surface area contributed by atoms with Crippen molar-refractivity contribution in [2.75, 3.05) is 0 Å².